The lowest BCUT2D eigenvalue weighted by Crippen LogP contribution is -2.48. The number of para-hydroxylation sites is 1. The summed E-state index contributed by atoms with van der Waals surface area (Å²) < 4.78 is 11.8. The summed E-state index contributed by atoms with van der Waals surface area (Å²) in [6.45, 7) is 1.72. The molecule has 11 heteroatoms. The van der Waals surface area contributed by atoms with E-state index in [1.165, 1.54) is 35.9 Å². The zero-order valence-electron chi connectivity index (χ0n) is 26.0. The largest absolute Gasteiger partial charge is 0.509 e. The lowest BCUT2D eigenvalue weighted by atomic mass is 9.90. The van der Waals surface area contributed by atoms with Gasteiger partial charge in [0.2, 0.25) is 0 Å². The maximum absolute atomic E-state index is 14.1. The second-order valence-corrected chi connectivity index (χ2v) is 12.2. The van der Waals surface area contributed by atoms with Crippen molar-refractivity contribution in [3.8, 4) is 0 Å². The molecule has 1 aliphatic carbocycles. The molecule has 1 fully saturated rings. The molecule has 1 saturated heterocycles. The third-order valence-corrected chi connectivity index (χ3v) is 9.12. The van der Waals surface area contributed by atoms with Crippen molar-refractivity contribution in [1.82, 2.24) is 9.47 Å². The molecule has 3 aliphatic rings. The number of allylic oxidation sites excluding steroid dienone is 2. The van der Waals surface area contributed by atoms with E-state index in [0.717, 1.165) is 35.3 Å². The number of nitrogens with zero attached hydrogens (tertiary/aromatic N) is 3. The zero-order valence-corrected chi connectivity index (χ0v) is 26.0. The molecule has 6 rings (SSSR count). The summed E-state index contributed by atoms with van der Waals surface area (Å²) in [5.74, 6) is -0.522. The van der Waals surface area contributed by atoms with Gasteiger partial charge in [-0.1, -0.05) is 30.3 Å². The monoisotopic (exact) mass is 629 g/mol. The van der Waals surface area contributed by atoms with Gasteiger partial charge in [-0.05, 0) is 85.2 Å². The number of benzene rings is 2. The molecule has 0 spiro atoms. The first-order valence-corrected chi connectivity index (χ1v) is 15.6. The molecule has 4 unspecified atom stereocenters. The van der Waals surface area contributed by atoms with Crippen LogP contribution in [0.4, 0.5) is 10.5 Å². The number of fused-ring (bicyclic) bond motifs is 2. The van der Waals surface area contributed by atoms with E-state index >= 15 is 0 Å². The standard InChI is InChI=1S/C35H39N3O8/c1-21-16-23(12-14-26(21)22-8-4-3-5-9-22)33(42)38-18-25-13-15-28(37(25)17-24-10-6-7-11-27(24)38)34(43)36(2)19-29(40)31-32(30(41)20-39)46-35(44)45-31/h6-8,10-16,29-32,39-41H,3-5,9,17-20H2,1-2H3. The summed E-state index contributed by atoms with van der Waals surface area (Å²) in [4.78, 5) is 42.5. The highest BCUT2D eigenvalue weighted by Gasteiger charge is 2.46. The first kappa shape index (κ1) is 31.5. The number of hydrogen-bond donors (Lipinski definition) is 3. The molecular formula is C35H39N3O8. The molecule has 242 valence electrons. The van der Waals surface area contributed by atoms with Crippen molar-refractivity contribution >= 4 is 29.2 Å². The van der Waals surface area contributed by atoms with Crippen LogP contribution in [0.25, 0.3) is 5.57 Å². The van der Waals surface area contributed by atoms with Gasteiger partial charge in [-0.15, -0.1) is 0 Å². The highest BCUT2D eigenvalue weighted by atomic mass is 16.8. The van der Waals surface area contributed by atoms with E-state index in [1.54, 1.807) is 11.0 Å². The number of amides is 2. The van der Waals surface area contributed by atoms with Gasteiger partial charge < -0.3 is 39.2 Å². The minimum atomic E-state index is -1.45. The number of rotatable bonds is 8. The number of aryl methyl sites for hydroxylation is 1. The Hall–Kier alpha value is -4.45. The summed E-state index contributed by atoms with van der Waals surface area (Å²) in [7, 11) is 1.51. The van der Waals surface area contributed by atoms with Gasteiger partial charge in [0.15, 0.2) is 12.2 Å². The average molecular weight is 630 g/mol. The first-order chi connectivity index (χ1) is 22.2. The molecule has 46 heavy (non-hydrogen) atoms. The van der Waals surface area contributed by atoms with Crippen LogP contribution in [0.1, 0.15) is 68.9 Å². The predicted octanol–water partition coefficient (Wildman–Crippen LogP) is 3.65. The molecule has 3 N–H and O–H groups in total. The fraction of sp³-hybridized carbons (Fsp3) is 0.400. The van der Waals surface area contributed by atoms with Gasteiger partial charge in [0.1, 0.15) is 17.9 Å². The number of carbonyl (C=O) groups excluding carboxylic acids is 3. The fourth-order valence-corrected chi connectivity index (χ4v) is 6.67. The van der Waals surface area contributed by atoms with Crippen LogP contribution in [-0.2, 0) is 22.6 Å². The lowest BCUT2D eigenvalue weighted by Gasteiger charge is -2.27. The van der Waals surface area contributed by atoms with Crippen molar-refractivity contribution in [2.45, 2.75) is 70.1 Å². The Morgan fingerprint density at radius 2 is 1.76 bits per heavy atom. The normalized spacial score (nSPS) is 20.4. The SMILES string of the molecule is Cc1cc(C(=O)N2Cc3ccc(C(=O)N(C)CC(O)C4OC(=O)OC4C(O)CO)n3Cc3ccccc32)ccc1C1=CCCCC1. The molecule has 3 aromatic rings. The topological polar surface area (TPSA) is 142 Å². The summed E-state index contributed by atoms with van der Waals surface area (Å²) in [6.07, 6.45) is 0.386. The summed E-state index contributed by atoms with van der Waals surface area (Å²) in [5, 5.41) is 30.1. The van der Waals surface area contributed by atoms with Gasteiger partial charge >= 0.3 is 6.16 Å². The van der Waals surface area contributed by atoms with E-state index in [9.17, 15) is 29.7 Å². The van der Waals surface area contributed by atoms with Gasteiger partial charge in [0, 0.05) is 24.0 Å². The Labute approximate surface area is 267 Å². The van der Waals surface area contributed by atoms with Crippen molar-refractivity contribution in [3.05, 3.63) is 94.3 Å². The predicted molar refractivity (Wildman–Crippen MR) is 169 cm³/mol. The molecule has 0 bridgehead atoms. The van der Waals surface area contributed by atoms with Crippen LogP contribution in [-0.4, -0.2) is 87.4 Å². The van der Waals surface area contributed by atoms with Gasteiger partial charge in [0.25, 0.3) is 11.8 Å². The minimum absolute atomic E-state index is 0.129. The van der Waals surface area contributed by atoms with Crippen molar-refractivity contribution in [3.63, 3.8) is 0 Å². The highest BCUT2D eigenvalue weighted by molar-refractivity contribution is 6.07. The number of carbonyl (C=O) groups is 3. The van der Waals surface area contributed by atoms with E-state index < -0.39 is 43.1 Å². The number of cyclic esters (lactones) is 2. The van der Waals surface area contributed by atoms with E-state index in [4.69, 9.17) is 9.47 Å². The van der Waals surface area contributed by atoms with Gasteiger partial charge in [-0.2, -0.15) is 0 Å². The van der Waals surface area contributed by atoms with Crippen LogP contribution in [0.2, 0.25) is 0 Å². The number of anilines is 1. The van der Waals surface area contributed by atoms with Gasteiger partial charge in [-0.25, -0.2) is 4.79 Å². The molecule has 2 amide bonds. The van der Waals surface area contributed by atoms with E-state index in [2.05, 4.69) is 12.1 Å². The lowest BCUT2D eigenvalue weighted by molar-refractivity contribution is -0.0558. The smallest absolute Gasteiger partial charge is 0.424 e. The summed E-state index contributed by atoms with van der Waals surface area (Å²) >= 11 is 0. The van der Waals surface area contributed by atoms with Crippen molar-refractivity contribution in [2.75, 3.05) is 25.1 Å². The fourth-order valence-electron chi connectivity index (χ4n) is 6.67. The Morgan fingerprint density at radius 1 is 1.00 bits per heavy atom. The molecule has 0 radical (unpaired) electrons. The Morgan fingerprint density at radius 3 is 2.48 bits per heavy atom. The number of aliphatic hydroxyl groups excluding tert-OH is 3. The van der Waals surface area contributed by atoms with Crippen LogP contribution in [0.15, 0.2) is 60.7 Å². The van der Waals surface area contributed by atoms with E-state index in [-0.39, 0.29) is 19.0 Å². The third kappa shape index (κ3) is 6.05. The Kier molecular flexibility index (Phi) is 8.99. The van der Waals surface area contributed by atoms with Crippen LogP contribution >= 0.6 is 0 Å². The van der Waals surface area contributed by atoms with Crippen LogP contribution in [0.3, 0.4) is 0 Å². The molecule has 4 atom stereocenters. The molecule has 1 aromatic heterocycles. The highest BCUT2D eigenvalue weighted by Crippen LogP contribution is 2.33. The van der Waals surface area contributed by atoms with Gasteiger partial charge in [0.05, 0.1) is 26.2 Å². The van der Waals surface area contributed by atoms with Crippen molar-refractivity contribution in [1.29, 1.82) is 0 Å². The quantitative estimate of drug-likeness (QED) is 0.321. The number of aliphatic hydroxyl groups is 3. The second-order valence-electron chi connectivity index (χ2n) is 12.2. The van der Waals surface area contributed by atoms with Crippen molar-refractivity contribution < 1.29 is 39.2 Å². The summed E-state index contributed by atoms with van der Waals surface area (Å²) in [6, 6.07) is 17.1. The third-order valence-electron chi connectivity index (χ3n) is 9.12. The average Bonchev–Trinajstić information content (AvgIpc) is 3.61. The minimum Gasteiger partial charge on any atom is -0.424 e. The van der Waals surface area contributed by atoms with Crippen LogP contribution in [0, 0.1) is 6.92 Å². The van der Waals surface area contributed by atoms with Crippen LogP contribution < -0.4 is 4.90 Å². The molecule has 2 aromatic carbocycles. The summed E-state index contributed by atoms with van der Waals surface area (Å²) in [5.41, 5.74) is 6.98. The molecular weight excluding hydrogens is 590 g/mol. The number of ether oxygens (including phenoxy) is 2. The Bertz CT molecular complexity index is 1680. The zero-order chi connectivity index (χ0) is 32.5. The number of hydrogen-bond acceptors (Lipinski definition) is 8. The number of likely N-dealkylation sites (N-methyl/N-ethyl adjacent to an activating group) is 1. The van der Waals surface area contributed by atoms with Crippen molar-refractivity contribution in [2.24, 2.45) is 0 Å². The van der Waals surface area contributed by atoms with E-state index in [0.29, 0.717) is 17.8 Å². The number of aromatic nitrogens is 1. The molecule has 2 aliphatic heterocycles. The maximum Gasteiger partial charge on any atom is 0.509 e. The molecule has 11 nitrogen and oxygen atoms in total. The van der Waals surface area contributed by atoms with Gasteiger partial charge in [-0.3, -0.25) is 9.59 Å². The molecule has 0 saturated carbocycles. The maximum atomic E-state index is 14.1. The van der Waals surface area contributed by atoms with E-state index in [1.807, 2.05) is 54.0 Å². The second kappa shape index (κ2) is 13.1. The molecule has 3 heterocycles. The first-order valence-electron chi connectivity index (χ1n) is 15.6. The Balaban J connectivity index is 1.23. The van der Waals surface area contributed by atoms with Crippen LogP contribution in [0.5, 0.6) is 0 Å².